The molecule has 0 unspecified atom stereocenters. The van der Waals surface area contributed by atoms with E-state index >= 15 is 0 Å². The number of nitrogens with zero attached hydrogens (tertiary/aromatic N) is 2. The van der Waals surface area contributed by atoms with E-state index in [1.165, 1.54) is 0 Å². The molecular weight excluding hydrogens is 578 g/mol. The highest BCUT2D eigenvalue weighted by Crippen LogP contribution is 2.24. The summed E-state index contributed by atoms with van der Waals surface area (Å²) in [6.07, 6.45) is 0. The van der Waals surface area contributed by atoms with Crippen LogP contribution < -0.4 is 0 Å². The molecule has 0 aliphatic rings. The molecule has 0 aliphatic carbocycles. The molecule has 0 spiro atoms. The van der Waals surface area contributed by atoms with Gasteiger partial charge in [-0.3, -0.25) is 0 Å². The average molecular weight is 587 g/mol. The molecule has 0 saturated carbocycles. The maximum absolute atomic E-state index is 5.86. The van der Waals surface area contributed by atoms with Gasteiger partial charge >= 0.3 is 0 Å². The molecule has 23 heavy (non-hydrogen) atoms. The van der Waals surface area contributed by atoms with Crippen molar-refractivity contribution in [3.63, 3.8) is 0 Å². The van der Waals surface area contributed by atoms with Crippen LogP contribution in [0.15, 0.2) is 63.8 Å². The van der Waals surface area contributed by atoms with Gasteiger partial charge in [0, 0.05) is 5.56 Å². The number of pyridine rings is 2. The van der Waals surface area contributed by atoms with Gasteiger partial charge in [0.2, 0.25) is 0 Å². The average Bonchev–Trinajstić information content (AvgIpc) is 2.55. The fourth-order valence-corrected chi connectivity index (χ4v) is 3.19. The van der Waals surface area contributed by atoms with Gasteiger partial charge < -0.3 is 0 Å². The van der Waals surface area contributed by atoms with Gasteiger partial charge in [0.05, 0.1) is 15.7 Å². The van der Waals surface area contributed by atoms with E-state index in [2.05, 4.69) is 64.4 Å². The molecule has 0 atom stereocenters. The predicted octanol–water partition coefficient (Wildman–Crippen LogP) is 7.27. The van der Waals surface area contributed by atoms with E-state index in [4.69, 9.17) is 23.2 Å². The molecule has 0 aliphatic heterocycles. The van der Waals surface area contributed by atoms with Crippen LogP contribution in [0.5, 0.6) is 0 Å². The minimum Gasteiger partial charge on any atom is -0.239 e. The third-order valence-corrected chi connectivity index (χ3v) is 5.52. The molecule has 3 aromatic rings. The Morgan fingerprint density at radius 3 is 1.83 bits per heavy atom. The van der Waals surface area contributed by atoms with Crippen LogP contribution in [-0.4, -0.2) is 9.97 Å². The Kier molecular flexibility index (Phi) is 7.75. The lowest BCUT2D eigenvalue weighted by Gasteiger charge is -2.01. The van der Waals surface area contributed by atoms with E-state index in [1.807, 2.05) is 48.5 Å². The van der Waals surface area contributed by atoms with E-state index < -0.39 is 0 Å². The standard InChI is InChI=1S/C11H7BrClN.C5H2BrClIN/c12-11-9(13)6-7-10(14-11)8-4-2-1-3-5-8;6-5-3(7)1-2-4(8)9-5/h1-7H;1-2H. The van der Waals surface area contributed by atoms with Gasteiger partial charge in [0.25, 0.3) is 0 Å². The second kappa shape index (κ2) is 9.32. The topological polar surface area (TPSA) is 25.8 Å². The second-order valence-electron chi connectivity index (χ2n) is 4.24. The highest BCUT2D eigenvalue weighted by molar-refractivity contribution is 14.1. The summed E-state index contributed by atoms with van der Waals surface area (Å²) in [4.78, 5) is 8.37. The predicted molar refractivity (Wildman–Crippen MR) is 112 cm³/mol. The maximum atomic E-state index is 5.86. The summed E-state index contributed by atoms with van der Waals surface area (Å²) in [6.45, 7) is 0. The van der Waals surface area contributed by atoms with Crippen LogP contribution in [0.3, 0.4) is 0 Å². The summed E-state index contributed by atoms with van der Waals surface area (Å²) >= 11 is 20.1. The molecule has 2 heterocycles. The number of benzene rings is 1. The number of hydrogen-bond acceptors (Lipinski definition) is 2. The minimum atomic E-state index is 0.629. The van der Waals surface area contributed by atoms with E-state index in [1.54, 1.807) is 6.07 Å². The number of rotatable bonds is 1. The van der Waals surface area contributed by atoms with Crippen molar-refractivity contribution in [1.29, 1.82) is 0 Å². The Balaban J connectivity index is 0.000000185. The van der Waals surface area contributed by atoms with Gasteiger partial charge in [-0.1, -0.05) is 53.5 Å². The van der Waals surface area contributed by atoms with Crippen LogP contribution >= 0.6 is 77.7 Å². The summed E-state index contributed by atoms with van der Waals surface area (Å²) in [5, 5.41) is 1.28. The van der Waals surface area contributed by atoms with Gasteiger partial charge in [0.1, 0.15) is 12.9 Å². The van der Waals surface area contributed by atoms with E-state index in [9.17, 15) is 0 Å². The summed E-state index contributed by atoms with van der Waals surface area (Å²) in [5.74, 6) is 0. The lowest BCUT2D eigenvalue weighted by Crippen LogP contribution is -1.84. The first-order chi connectivity index (χ1) is 11.0. The van der Waals surface area contributed by atoms with Crippen LogP contribution in [0.2, 0.25) is 10.0 Å². The van der Waals surface area contributed by atoms with Crippen LogP contribution in [0.25, 0.3) is 11.3 Å². The smallest absolute Gasteiger partial charge is 0.125 e. The largest absolute Gasteiger partial charge is 0.239 e. The first-order valence-electron chi connectivity index (χ1n) is 6.32. The number of aromatic nitrogens is 2. The third kappa shape index (κ3) is 5.98. The Morgan fingerprint density at radius 2 is 1.30 bits per heavy atom. The lowest BCUT2D eigenvalue weighted by molar-refractivity contribution is 1.23. The quantitative estimate of drug-likeness (QED) is 0.221. The summed E-state index contributed by atoms with van der Waals surface area (Å²) in [5.41, 5.74) is 2.01. The van der Waals surface area contributed by atoms with Crippen LogP contribution in [0.4, 0.5) is 0 Å². The van der Waals surface area contributed by atoms with Crippen LogP contribution in [-0.2, 0) is 0 Å². The van der Waals surface area contributed by atoms with Gasteiger partial charge in [-0.15, -0.1) is 0 Å². The van der Waals surface area contributed by atoms with Crippen molar-refractivity contribution in [1.82, 2.24) is 9.97 Å². The van der Waals surface area contributed by atoms with Gasteiger partial charge in [-0.25, -0.2) is 9.97 Å². The summed E-state index contributed by atoms with van der Waals surface area (Å²) in [7, 11) is 0. The zero-order valence-electron chi connectivity index (χ0n) is 11.5. The molecule has 0 fully saturated rings. The normalized spacial score (nSPS) is 9.96. The molecule has 0 bridgehead atoms. The first-order valence-corrected chi connectivity index (χ1v) is 9.74. The molecule has 3 rings (SSSR count). The minimum absolute atomic E-state index is 0.629. The highest BCUT2D eigenvalue weighted by atomic mass is 127. The first kappa shape index (κ1) is 19.1. The van der Waals surface area contributed by atoms with Crippen molar-refractivity contribution < 1.29 is 0 Å². The molecule has 0 saturated heterocycles. The van der Waals surface area contributed by atoms with Gasteiger partial charge in [-0.05, 0) is 78.7 Å². The molecule has 118 valence electrons. The SMILES string of the molecule is Clc1ccc(-c2ccccc2)nc1Br.Clc1ccc(I)nc1Br. The molecule has 2 aromatic heterocycles. The Labute approximate surface area is 175 Å². The Bertz CT molecular complexity index is 801. The summed E-state index contributed by atoms with van der Waals surface area (Å²) in [6, 6.07) is 17.4. The van der Waals surface area contributed by atoms with Crippen molar-refractivity contribution in [3.8, 4) is 11.3 Å². The highest BCUT2D eigenvalue weighted by Gasteiger charge is 2.02. The van der Waals surface area contributed by atoms with Gasteiger partial charge in [0.15, 0.2) is 0 Å². The van der Waals surface area contributed by atoms with Crippen molar-refractivity contribution in [2.75, 3.05) is 0 Å². The lowest BCUT2D eigenvalue weighted by atomic mass is 10.1. The zero-order valence-corrected chi connectivity index (χ0v) is 18.3. The molecule has 7 heteroatoms. The second-order valence-corrected chi connectivity index (χ2v) is 7.66. The van der Waals surface area contributed by atoms with E-state index in [0.29, 0.717) is 19.3 Å². The molecule has 0 N–H and O–H groups in total. The molecule has 2 nitrogen and oxygen atoms in total. The van der Waals surface area contributed by atoms with Crippen LogP contribution in [0.1, 0.15) is 0 Å². The van der Waals surface area contributed by atoms with Crippen molar-refractivity contribution in [3.05, 3.63) is 77.5 Å². The number of halogens is 5. The third-order valence-electron chi connectivity index (χ3n) is 2.64. The number of hydrogen-bond donors (Lipinski definition) is 0. The summed E-state index contributed by atoms with van der Waals surface area (Å²) < 4.78 is 2.32. The molecule has 0 radical (unpaired) electrons. The Morgan fingerprint density at radius 1 is 0.739 bits per heavy atom. The van der Waals surface area contributed by atoms with E-state index in [0.717, 1.165) is 15.0 Å². The molecule has 0 amide bonds. The molecule has 1 aromatic carbocycles. The Hall–Kier alpha value is -0.210. The van der Waals surface area contributed by atoms with Crippen molar-refractivity contribution in [2.45, 2.75) is 0 Å². The van der Waals surface area contributed by atoms with Gasteiger partial charge in [-0.2, -0.15) is 0 Å². The van der Waals surface area contributed by atoms with Crippen LogP contribution in [0, 0.1) is 3.70 Å². The zero-order chi connectivity index (χ0) is 16.8. The monoisotopic (exact) mass is 584 g/mol. The fraction of sp³-hybridized carbons (Fsp3) is 0. The van der Waals surface area contributed by atoms with Crippen molar-refractivity contribution in [2.24, 2.45) is 0 Å². The maximum Gasteiger partial charge on any atom is 0.125 e. The van der Waals surface area contributed by atoms with Crippen molar-refractivity contribution >= 4 is 77.7 Å². The molecular formula is C16H9Br2Cl2IN2. The van der Waals surface area contributed by atoms with E-state index in [-0.39, 0.29) is 0 Å². The fourth-order valence-electron chi connectivity index (χ4n) is 1.58.